The van der Waals surface area contributed by atoms with Crippen LogP contribution in [0, 0.1) is 6.92 Å². The molecule has 2 amide bonds. The minimum atomic E-state index is -1.17. The molecule has 0 bridgehead atoms. The average Bonchev–Trinajstić information content (AvgIpc) is 3.39. The highest BCUT2D eigenvalue weighted by atomic mass is 79.9. The van der Waals surface area contributed by atoms with E-state index in [1.807, 2.05) is 41.0 Å². The lowest BCUT2D eigenvalue weighted by Gasteiger charge is -2.22. The van der Waals surface area contributed by atoms with Crippen molar-refractivity contribution in [3.05, 3.63) is 41.7 Å². The summed E-state index contributed by atoms with van der Waals surface area (Å²) in [6.07, 6.45) is 8.60. The number of hydrogen-bond acceptors (Lipinski definition) is 10. The van der Waals surface area contributed by atoms with E-state index in [0.717, 1.165) is 87.9 Å². The van der Waals surface area contributed by atoms with E-state index in [-0.39, 0.29) is 11.8 Å². The Morgan fingerprint density at radius 3 is 1.57 bits per heavy atom. The highest BCUT2D eigenvalue weighted by molar-refractivity contribution is 9.11. The van der Waals surface area contributed by atoms with Crippen molar-refractivity contribution in [2.75, 3.05) is 26.2 Å². The number of nitrogens with two attached hydrogens (primary N) is 2. The number of hydrogen-bond donors (Lipinski definition) is 4. The number of amides is 2. The van der Waals surface area contributed by atoms with Gasteiger partial charge in [0.2, 0.25) is 11.8 Å². The summed E-state index contributed by atoms with van der Waals surface area (Å²) in [4.78, 5) is 41.3. The molecule has 2 aromatic heterocycles. The van der Waals surface area contributed by atoms with Crippen LogP contribution in [0.5, 0.6) is 0 Å². The van der Waals surface area contributed by atoms with E-state index in [1.165, 1.54) is 11.7 Å². The Labute approximate surface area is 290 Å². The molecule has 4 heterocycles. The van der Waals surface area contributed by atoms with Crippen molar-refractivity contribution >= 4 is 92.7 Å². The standard InChI is InChI=1S/C16H23N3OS.C15H20BrN3OS.CH5BO2/c1-4-6-19(7-5-2)16(20)12-9-14-13(8-11(3)21-14)18-15(17)10-12;1-3-5-19(6-4-2)15(20)10-7-12-11(9-13(16)21-12)18-14(17)8-10;1-2(3)4/h8-9H,4-7,10H2,1-3H3,(H2,17,18);7,9H,3-6,8H2,1-2H3,(H2,17,18);3-4H,1H3. The molecule has 10 nitrogen and oxygen atoms in total. The van der Waals surface area contributed by atoms with Gasteiger partial charge in [-0.3, -0.25) is 9.59 Å². The van der Waals surface area contributed by atoms with Crippen LogP contribution < -0.4 is 11.5 Å². The van der Waals surface area contributed by atoms with Crippen molar-refractivity contribution in [1.29, 1.82) is 0 Å². The normalized spacial score (nSPS) is 13.4. The number of amidine groups is 2. The zero-order valence-electron chi connectivity index (χ0n) is 27.8. The number of carbonyl (C=O) groups excluding carboxylic acids is 2. The van der Waals surface area contributed by atoms with Gasteiger partial charge in [0.15, 0.2) is 0 Å². The fraction of sp³-hybridized carbons (Fsp3) is 0.500. The maximum atomic E-state index is 12.7. The molecule has 0 spiro atoms. The van der Waals surface area contributed by atoms with E-state index >= 15 is 0 Å². The smallest absolute Gasteiger partial charge is 0.427 e. The van der Waals surface area contributed by atoms with E-state index in [9.17, 15) is 9.59 Å². The monoisotopic (exact) mass is 734 g/mol. The summed E-state index contributed by atoms with van der Waals surface area (Å²) >= 11 is 6.68. The summed E-state index contributed by atoms with van der Waals surface area (Å²) in [5.41, 5.74) is 15.1. The summed E-state index contributed by atoms with van der Waals surface area (Å²) < 4.78 is 0.993. The summed E-state index contributed by atoms with van der Waals surface area (Å²) in [6.45, 7) is 14.8. The van der Waals surface area contributed by atoms with Gasteiger partial charge in [0.1, 0.15) is 11.7 Å². The topological polar surface area (TPSA) is 158 Å². The highest BCUT2D eigenvalue weighted by Gasteiger charge is 2.23. The van der Waals surface area contributed by atoms with E-state index in [2.05, 4.69) is 53.6 Å². The molecular weight excluding hydrogens is 687 g/mol. The summed E-state index contributed by atoms with van der Waals surface area (Å²) in [6, 6.07) is 3.96. The van der Waals surface area contributed by atoms with Crippen LogP contribution in [-0.2, 0) is 9.59 Å². The molecule has 0 saturated carbocycles. The zero-order chi connectivity index (χ0) is 34.4. The van der Waals surface area contributed by atoms with Gasteiger partial charge in [-0.2, -0.15) is 0 Å². The number of halogens is 1. The molecule has 4 rings (SSSR count). The Morgan fingerprint density at radius 2 is 1.17 bits per heavy atom. The molecule has 0 saturated heterocycles. The van der Waals surface area contributed by atoms with Crippen molar-refractivity contribution < 1.29 is 19.6 Å². The van der Waals surface area contributed by atoms with Gasteiger partial charge in [-0.1, -0.05) is 27.7 Å². The summed E-state index contributed by atoms with van der Waals surface area (Å²) in [5.74, 6) is 1.18. The van der Waals surface area contributed by atoms with E-state index in [1.54, 1.807) is 22.7 Å². The minimum absolute atomic E-state index is 0.0780. The first-order chi connectivity index (χ1) is 21.8. The number of rotatable bonds is 10. The van der Waals surface area contributed by atoms with Gasteiger partial charge in [0, 0.05) is 55.0 Å². The van der Waals surface area contributed by atoms with E-state index in [4.69, 9.17) is 21.5 Å². The van der Waals surface area contributed by atoms with Crippen LogP contribution >= 0.6 is 38.6 Å². The lowest BCUT2D eigenvalue weighted by Crippen LogP contribution is -2.34. The van der Waals surface area contributed by atoms with Crippen molar-refractivity contribution in [2.24, 2.45) is 21.5 Å². The maximum absolute atomic E-state index is 12.7. The molecule has 2 aliphatic rings. The first-order valence-electron chi connectivity index (χ1n) is 15.7. The highest BCUT2D eigenvalue weighted by Crippen LogP contribution is 2.37. The largest absolute Gasteiger partial charge is 0.448 e. The molecule has 0 atom stereocenters. The maximum Gasteiger partial charge on any atom is 0.448 e. The van der Waals surface area contributed by atoms with E-state index < -0.39 is 7.12 Å². The van der Waals surface area contributed by atoms with Crippen LogP contribution in [0.15, 0.2) is 37.1 Å². The Hall–Kier alpha value is -2.78. The molecule has 14 heteroatoms. The quantitative estimate of drug-likeness (QED) is 0.204. The fourth-order valence-electron chi connectivity index (χ4n) is 4.85. The van der Waals surface area contributed by atoms with Crippen LogP contribution in [-0.4, -0.2) is 76.6 Å². The molecule has 0 fully saturated rings. The second kappa shape index (κ2) is 19.8. The average molecular weight is 736 g/mol. The number of aryl methyl sites for hydroxylation is 1. The molecule has 0 aliphatic carbocycles. The molecule has 2 aromatic rings. The van der Waals surface area contributed by atoms with Crippen molar-refractivity contribution in [3.8, 4) is 0 Å². The van der Waals surface area contributed by atoms with Gasteiger partial charge in [-0.05, 0) is 79.6 Å². The predicted octanol–water partition coefficient (Wildman–Crippen LogP) is 6.50. The van der Waals surface area contributed by atoms with Gasteiger partial charge < -0.3 is 31.3 Å². The van der Waals surface area contributed by atoms with Gasteiger partial charge in [-0.25, -0.2) is 9.98 Å². The second-order valence-electron chi connectivity index (χ2n) is 11.0. The zero-order valence-corrected chi connectivity index (χ0v) is 31.0. The van der Waals surface area contributed by atoms with Crippen LogP contribution in [0.3, 0.4) is 0 Å². The Morgan fingerprint density at radius 1 is 0.804 bits per heavy atom. The molecule has 6 N–H and O–H groups in total. The van der Waals surface area contributed by atoms with Crippen LogP contribution in [0.2, 0.25) is 6.82 Å². The van der Waals surface area contributed by atoms with Gasteiger partial charge in [0.25, 0.3) is 0 Å². The Balaban J connectivity index is 0.000000287. The van der Waals surface area contributed by atoms with Crippen LogP contribution in [0.25, 0.3) is 12.2 Å². The lowest BCUT2D eigenvalue weighted by atomic mass is 9.99. The SMILES string of the molecule is CB(O)O.CCCN(CCC)C(=O)C1=Cc2sc(Br)cc2N=C(N)C1.CCCN(CCC)C(=O)C1=Cc2sc(C)cc2N=C(N)C1. The third kappa shape index (κ3) is 12.4. The molecular formula is C32H48BBrN6O4S2. The number of carbonyl (C=O) groups is 2. The van der Waals surface area contributed by atoms with Crippen molar-refractivity contribution in [3.63, 3.8) is 0 Å². The van der Waals surface area contributed by atoms with Gasteiger partial charge >= 0.3 is 7.12 Å². The second-order valence-corrected chi connectivity index (χ2v) is 14.8. The number of nitrogens with zero attached hydrogens (tertiary/aromatic N) is 4. The molecule has 0 radical (unpaired) electrons. The minimum Gasteiger partial charge on any atom is -0.427 e. The third-order valence-corrected chi connectivity index (χ3v) is 9.11. The first-order valence-corrected chi connectivity index (χ1v) is 18.2. The van der Waals surface area contributed by atoms with Crippen LogP contribution in [0.1, 0.15) is 80.9 Å². The Kier molecular flexibility index (Phi) is 16.9. The molecule has 46 heavy (non-hydrogen) atoms. The molecule has 252 valence electrons. The summed E-state index contributed by atoms with van der Waals surface area (Å²) in [5, 5.41) is 15.2. The van der Waals surface area contributed by atoms with E-state index in [0.29, 0.717) is 24.5 Å². The van der Waals surface area contributed by atoms with Gasteiger partial charge in [-0.15, -0.1) is 22.7 Å². The number of thiophene rings is 2. The van der Waals surface area contributed by atoms with Crippen molar-refractivity contribution in [2.45, 2.75) is 80.0 Å². The summed E-state index contributed by atoms with van der Waals surface area (Å²) in [7, 11) is -1.17. The predicted molar refractivity (Wildman–Crippen MR) is 199 cm³/mol. The fourth-order valence-corrected chi connectivity index (χ4v) is 7.31. The molecule has 2 aliphatic heterocycles. The lowest BCUT2D eigenvalue weighted by molar-refractivity contribution is -0.128. The molecule has 0 unspecified atom stereocenters. The van der Waals surface area contributed by atoms with Crippen molar-refractivity contribution in [1.82, 2.24) is 9.80 Å². The van der Waals surface area contributed by atoms with Gasteiger partial charge in [0.05, 0.1) is 24.9 Å². The number of aliphatic imine (C=N–C) groups is 2. The Bertz CT molecular complexity index is 1330. The molecule has 0 aromatic carbocycles. The third-order valence-electron chi connectivity index (χ3n) is 6.55. The number of fused-ring (bicyclic) bond motifs is 2. The first kappa shape index (κ1) is 39.4. The van der Waals surface area contributed by atoms with Crippen LogP contribution in [0.4, 0.5) is 11.4 Å².